The van der Waals surface area contributed by atoms with Crippen LogP contribution in [0.2, 0.25) is 0 Å². The van der Waals surface area contributed by atoms with Crippen LogP contribution in [0.25, 0.3) is 22.5 Å². The first kappa shape index (κ1) is 20.0. The lowest BCUT2D eigenvalue weighted by Crippen LogP contribution is -2.38. The third-order valence-electron chi connectivity index (χ3n) is 6.83. The summed E-state index contributed by atoms with van der Waals surface area (Å²) in [5.41, 5.74) is 4.90. The molecule has 7 nitrogen and oxygen atoms in total. The number of para-hydroxylation sites is 2. The number of nitrogens with one attached hydrogen (secondary N) is 1. The number of imidazole rings is 1. The summed E-state index contributed by atoms with van der Waals surface area (Å²) in [6, 6.07) is 16.5. The maximum Gasteiger partial charge on any atom is 0.298 e. The van der Waals surface area contributed by atoms with Gasteiger partial charge in [0.1, 0.15) is 11.3 Å². The van der Waals surface area contributed by atoms with E-state index in [0.29, 0.717) is 6.01 Å². The van der Waals surface area contributed by atoms with Crippen molar-refractivity contribution in [1.82, 2.24) is 14.5 Å². The number of carbonyl (C=O) groups is 1. The summed E-state index contributed by atoms with van der Waals surface area (Å²) < 4.78 is 8.20. The summed E-state index contributed by atoms with van der Waals surface area (Å²) >= 11 is 0. The Morgan fingerprint density at radius 2 is 1.82 bits per heavy atom. The van der Waals surface area contributed by atoms with Crippen LogP contribution in [0.15, 0.2) is 59.1 Å². The van der Waals surface area contributed by atoms with E-state index in [4.69, 9.17) is 4.42 Å². The molecule has 1 fully saturated rings. The number of hydrogen-bond donors (Lipinski definition) is 1. The standard InChI is InChI=1S/C26H27N5O2/c32-25(19-12-15-30(16-13-19)26-29-22-6-1-2-7-23(22)33-26)28-20-10-8-18(9-11-20)24-27-17-21-5-3-4-14-31(21)24/h1-2,6-11,17,19H,3-5,12-16H2,(H,28,32). The van der Waals surface area contributed by atoms with Gasteiger partial charge in [-0.05, 0) is 68.5 Å². The van der Waals surface area contributed by atoms with Gasteiger partial charge in [-0.25, -0.2) is 4.98 Å². The first-order chi connectivity index (χ1) is 16.2. The summed E-state index contributed by atoms with van der Waals surface area (Å²) in [6.07, 6.45) is 7.11. The van der Waals surface area contributed by atoms with Crippen LogP contribution < -0.4 is 10.2 Å². The van der Waals surface area contributed by atoms with Gasteiger partial charge in [-0.3, -0.25) is 4.79 Å². The molecule has 6 rings (SSSR count). The molecule has 1 amide bonds. The van der Waals surface area contributed by atoms with E-state index in [1.807, 2.05) is 42.6 Å². The third-order valence-corrected chi connectivity index (χ3v) is 6.83. The molecule has 0 atom stereocenters. The molecule has 2 aliphatic heterocycles. The number of nitrogens with zero attached hydrogens (tertiary/aromatic N) is 4. The number of rotatable bonds is 4. The van der Waals surface area contributed by atoms with Crippen molar-refractivity contribution in [2.75, 3.05) is 23.3 Å². The molecule has 4 aromatic rings. The van der Waals surface area contributed by atoms with Gasteiger partial charge in [0, 0.05) is 48.7 Å². The molecule has 7 heteroatoms. The van der Waals surface area contributed by atoms with Gasteiger partial charge >= 0.3 is 0 Å². The Morgan fingerprint density at radius 3 is 2.64 bits per heavy atom. The molecular weight excluding hydrogens is 414 g/mol. The van der Waals surface area contributed by atoms with Crippen molar-refractivity contribution in [3.05, 3.63) is 60.4 Å². The van der Waals surface area contributed by atoms with Crippen molar-refractivity contribution in [1.29, 1.82) is 0 Å². The smallest absolute Gasteiger partial charge is 0.298 e. The number of carbonyl (C=O) groups excluding carboxylic acids is 1. The fraction of sp³-hybridized carbons (Fsp3) is 0.346. The molecule has 0 bridgehead atoms. The first-order valence-corrected chi connectivity index (χ1v) is 11.8. The van der Waals surface area contributed by atoms with E-state index in [1.165, 1.54) is 18.5 Å². The highest BCUT2D eigenvalue weighted by molar-refractivity contribution is 5.93. The lowest BCUT2D eigenvalue weighted by Gasteiger charge is -2.30. The largest absolute Gasteiger partial charge is 0.423 e. The zero-order valence-electron chi connectivity index (χ0n) is 18.5. The summed E-state index contributed by atoms with van der Waals surface area (Å²) in [7, 11) is 0. The fourth-order valence-electron chi connectivity index (χ4n) is 4.94. The molecular formula is C26H27N5O2. The molecule has 33 heavy (non-hydrogen) atoms. The summed E-state index contributed by atoms with van der Waals surface area (Å²) in [6.45, 7) is 2.55. The summed E-state index contributed by atoms with van der Waals surface area (Å²) in [4.78, 5) is 24.2. The number of benzene rings is 2. The van der Waals surface area contributed by atoms with Crippen LogP contribution in [-0.2, 0) is 17.8 Å². The average molecular weight is 442 g/mol. The minimum Gasteiger partial charge on any atom is -0.423 e. The Hall–Kier alpha value is -3.61. The number of aryl methyl sites for hydroxylation is 1. The summed E-state index contributed by atoms with van der Waals surface area (Å²) in [5.74, 6) is 1.09. The highest BCUT2D eigenvalue weighted by Crippen LogP contribution is 2.28. The highest BCUT2D eigenvalue weighted by atomic mass is 16.4. The van der Waals surface area contributed by atoms with Crippen LogP contribution in [0, 0.1) is 5.92 Å². The maximum absolute atomic E-state index is 12.9. The van der Waals surface area contributed by atoms with Gasteiger partial charge in [0.25, 0.3) is 6.01 Å². The predicted octanol–water partition coefficient (Wildman–Crippen LogP) is 4.88. The van der Waals surface area contributed by atoms with Gasteiger partial charge in [-0.15, -0.1) is 0 Å². The molecule has 4 heterocycles. The first-order valence-electron chi connectivity index (χ1n) is 11.8. The van der Waals surface area contributed by atoms with Crippen molar-refractivity contribution < 1.29 is 9.21 Å². The van der Waals surface area contributed by atoms with Gasteiger partial charge in [-0.2, -0.15) is 4.98 Å². The minimum atomic E-state index is -0.00961. The number of hydrogen-bond acceptors (Lipinski definition) is 5. The summed E-state index contributed by atoms with van der Waals surface area (Å²) in [5, 5.41) is 3.10. The zero-order valence-corrected chi connectivity index (χ0v) is 18.5. The fourth-order valence-corrected chi connectivity index (χ4v) is 4.94. The zero-order chi connectivity index (χ0) is 22.2. The number of anilines is 2. The van der Waals surface area contributed by atoms with Gasteiger partial charge in [0.15, 0.2) is 5.58 Å². The Bertz CT molecular complexity index is 1250. The Kier molecular flexibility index (Phi) is 5.09. The van der Waals surface area contributed by atoms with E-state index >= 15 is 0 Å². The van der Waals surface area contributed by atoms with Crippen LogP contribution in [0.4, 0.5) is 11.7 Å². The Balaban J connectivity index is 1.07. The molecule has 0 saturated carbocycles. The van der Waals surface area contributed by atoms with Gasteiger partial charge in [-0.1, -0.05) is 12.1 Å². The van der Waals surface area contributed by atoms with Crippen molar-refractivity contribution in [2.45, 2.75) is 38.6 Å². The lowest BCUT2D eigenvalue weighted by atomic mass is 9.96. The highest BCUT2D eigenvalue weighted by Gasteiger charge is 2.27. The quantitative estimate of drug-likeness (QED) is 0.488. The Morgan fingerprint density at radius 1 is 1.00 bits per heavy atom. The number of fused-ring (bicyclic) bond motifs is 2. The topological polar surface area (TPSA) is 76.2 Å². The molecule has 2 aliphatic rings. The van der Waals surface area contributed by atoms with Crippen molar-refractivity contribution in [2.24, 2.45) is 5.92 Å². The number of aromatic nitrogens is 3. The predicted molar refractivity (Wildman–Crippen MR) is 128 cm³/mol. The van der Waals surface area contributed by atoms with E-state index in [-0.39, 0.29) is 11.8 Å². The molecule has 1 saturated heterocycles. The molecule has 2 aromatic heterocycles. The molecule has 0 radical (unpaired) electrons. The number of amides is 1. The maximum atomic E-state index is 12.9. The van der Waals surface area contributed by atoms with E-state index in [9.17, 15) is 4.79 Å². The van der Waals surface area contributed by atoms with E-state index in [0.717, 1.165) is 67.1 Å². The van der Waals surface area contributed by atoms with Gasteiger partial charge in [0.05, 0.1) is 0 Å². The molecule has 1 N–H and O–H groups in total. The van der Waals surface area contributed by atoms with E-state index in [2.05, 4.69) is 36.9 Å². The molecule has 0 aliphatic carbocycles. The SMILES string of the molecule is O=C(Nc1ccc(-c2ncc3n2CCCC3)cc1)C1CCN(c2nc3ccccc3o2)CC1. The molecule has 2 aromatic carbocycles. The van der Waals surface area contributed by atoms with Crippen LogP contribution in [0.3, 0.4) is 0 Å². The normalized spacial score (nSPS) is 16.7. The average Bonchev–Trinajstić information content (AvgIpc) is 3.49. The van der Waals surface area contributed by atoms with Crippen LogP contribution in [0.1, 0.15) is 31.4 Å². The van der Waals surface area contributed by atoms with Crippen molar-refractivity contribution in [3.8, 4) is 11.4 Å². The molecule has 0 unspecified atom stereocenters. The number of piperidine rings is 1. The minimum absolute atomic E-state index is 0.00961. The second-order valence-electron chi connectivity index (χ2n) is 8.97. The number of oxazole rings is 1. The van der Waals surface area contributed by atoms with Gasteiger partial charge < -0.3 is 19.2 Å². The van der Waals surface area contributed by atoms with Gasteiger partial charge in [0.2, 0.25) is 5.91 Å². The molecule has 168 valence electrons. The monoisotopic (exact) mass is 441 g/mol. The van der Waals surface area contributed by atoms with E-state index < -0.39 is 0 Å². The molecule has 0 spiro atoms. The van der Waals surface area contributed by atoms with E-state index in [1.54, 1.807) is 0 Å². The van der Waals surface area contributed by atoms with Crippen molar-refractivity contribution in [3.63, 3.8) is 0 Å². The third kappa shape index (κ3) is 3.88. The van der Waals surface area contributed by atoms with Crippen molar-refractivity contribution >= 4 is 28.7 Å². The van der Waals surface area contributed by atoms with Crippen LogP contribution >= 0.6 is 0 Å². The van der Waals surface area contributed by atoms with Crippen LogP contribution in [-0.4, -0.2) is 33.5 Å². The Labute approximate surface area is 192 Å². The lowest BCUT2D eigenvalue weighted by molar-refractivity contribution is -0.120. The second kappa shape index (κ2) is 8.39. The second-order valence-corrected chi connectivity index (χ2v) is 8.97. The van der Waals surface area contributed by atoms with Crippen LogP contribution in [0.5, 0.6) is 0 Å².